The minimum atomic E-state index is -0.337. The van der Waals surface area contributed by atoms with Gasteiger partial charge in [0.25, 0.3) is 0 Å². The summed E-state index contributed by atoms with van der Waals surface area (Å²) in [6.07, 6.45) is 1.94. The van der Waals surface area contributed by atoms with Crippen LogP contribution in [0.2, 0.25) is 0 Å². The third-order valence-electron chi connectivity index (χ3n) is 2.90. The van der Waals surface area contributed by atoms with E-state index in [1.54, 1.807) is 0 Å². The number of carbonyl (C=O) groups is 1. The van der Waals surface area contributed by atoms with Crippen molar-refractivity contribution < 1.29 is 9.48 Å². The van der Waals surface area contributed by atoms with E-state index in [9.17, 15) is 4.79 Å². The van der Waals surface area contributed by atoms with Gasteiger partial charge >= 0.3 is 11.7 Å². The van der Waals surface area contributed by atoms with E-state index < -0.39 is 0 Å². The average Bonchev–Trinajstić information content (AvgIpc) is 2.77. The number of thioether (sulfide) groups is 1. The maximum atomic E-state index is 12.3. The lowest BCUT2D eigenvalue weighted by Gasteiger charge is -2.01. The Bertz CT molecular complexity index is 600. The van der Waals surface area contributed by atoms with Crippen LogP contribution in [0.5, 0.6) is 0 Å². The molecule has 1 aliphatic heterocycles. The van der Waals surface area contributed by atoms with Crippen LogP contribution < -0.4 is 10.00 Å². The quantitative estimate of drug-likeness (QED) is 0.660. The highest BCUT2D eigenvalue weighted by Crippen LogP contribution is 2.23. The van der Waals surface area contributed by atoms with Crippen LogP contribution in [0.1, 0.15) is 16.4 Å². The van der Waals surface area contributed by atoms with Crippen LogP contribution in [-0.2, 0) is 0 Å². The van der Waals surface area contributed by atoms with E-state index in [1.165, 1.54) is 16.4 Å². The highest BCUT2D eigenvalue weighted by Gasteiger charge is 2.40. The summed E-state index contributed by atoms with van der Waals surface area (Å²) in [7, 11) is 0. The van der Waals surface area contributed by atoms with Crippen molar-refractivity contribution in [3.05, 3.63) is 48.0 Å². The summed E-state index contributed by atoms with van der Waals surface area (Å²) >= 11 is 1.52. The minimum Gasteiger partial charge on any atom is -0.254 e. The zero-order valence-corrected chi connectivity index (χ0v) is 10.6. The van der Waals surface area contributed by atoms with Crippen LogP contribution in [0, 0.1) is 0 Å². The number of nitrogens with one attached hydrogen (secondary N) is 1. The Morgan fingerprint density at radius 2 is 2.00 bits per heavy atom. The van der Waals surface area contributed by atoms with E-state index in [-0.39, 0.29) is 11.9 Å². The molecule has 0 spiro atoms. The number of carbonyl (C=O) groups excluding carboxylic acids is 1. The summed E-state index contributed by atoms with van der Waals surface area (Å²) < 4.78 is 1.45. The molecule has 2 heterocycles. The second kappa shape index (κ2) is 4.42. The molecule has 0 amide bonds. The number of aromatic nitrogens is 2. The molecular formula is C13H12N3OS+. The smallest absolute Gasteiger partial charge is 0.254 e. The number of benzene rings is 1. The normalized spacial score (nSPS) is 17.4. The van der Waals surface area contributed by atoms with E-state index in [0.29, 0.717) is 0 Å². The van der Waals surface area contributed by atoms with E-state index in [1.807, 2.05) is 48.7 Å². The maximum absolute atomic E-state index is 12.3. The fraction of sp³-hybridized carbons (Fsp3) is 0.154. The summed E-state index contributed by atoms with van der Waals surface area (Å²) in [5, 5.41) is 8.33. The summed E-state index contributed by atoms with van der Waals surface area (Å²) in [5.41, 5.74) is 0.957. The molecular weight excluding hydrogens is 246 g/mol. The van der Waals surface area contributed by atoms with Gasteiger partial charge in [-0.2, -0.15) is 0 Å². The molecule has 0 saturated carbocycles. The highest BCUT2D eigenvalue weighted by molar-refractivity contribution is 7.98. The van der Waals surface area contributed by atoms with Crippen LogP contribution in [0.3, 0.4) is 0 Å². The molecule has 0 aliphatic carbocycles. The van der Waals surface area contributed by atoms with E-state index in [0.717, 1.165) is 16.4 Å². The monoisotopic (exact) mass is 258 g/mol. The molecule has 5 heteroatoms. The Hall–Kier alpha value is -1.88. The van der Waals surface area contributed by atoms with Crippen molar-refractivity contribution in [2.24, 2.45) is 0 Å². The standard InChI is InChI=1S/C13H11N3OS/c1-18-11-8-7-10-14-12(13(17)16(10)15-11)9-5-3-2-4-6-9/h2-8,12H,1H3/p+1. The van der Waals surface area contributed by atoms with E-state index in [4.69, 9.17) is 0 Å². The van der Waals surface area contributed by atoms with Crippen LogP contribution in [-0.4, -0.2) is 17.3 Å². The second-order valence-electron chi connectivity index (χ2n) is 4.00. The Labute approximate surface area is 109 Å². The van der Waals surface area contributed by atoms with Gasteiger partial charge in [-0.15, -0.1) is 11.8 Å². The Morgan fingerprint density at radius 1 is 1.22 bits per heavy atom. The van der Waals surface area contributed by atoms with Crippen molar-refractivity contribution in [2.75, 3.05) is 11.6 Å². The third-order valence-corrected chi connectivity index (χ3v) is 3.54. The van der Waals surface area contributed by atoms with Gasteiger partial charge in [-0.3, -0.25) is 5.32 Å². The van der Waals surface area contributed by atoms with Gasteiger partial charge in [0.1, 0.15) is 5.03 Å². The first-order valence-corrected chi connectivity index (χ1v) is 6.85. The first-order chi connectivity index (χ1) is 8.79. The lowest BCUT2D eigenvalue weighted by Crippen LogP contribution is -2.44. The molecule has 4 nitrogen and oxygen atoms in total. The van der Waals surface area contributed by atoms with Gasteiger partial charge in [-0.05, 0) is 12.3 Å². The summed E-state index contributed by atoms with van der Waals surface area (Å²) in [6, 6.07) is 13.1. The van der Waals surface area contributed by atoms with Gasteiger partial charge < -0.3 is 0 Å². The van der Waals surface area contributed by atoms with Crippen LogP contribution in [0.4, 0.5) is 5.82 Å². The Kier molecular flexibility index (Phi) is 2.76. The molecule has 90 valence electrons. The van der Waals surface area contributed by atoms with Crippen LogP contribution in [0.25, 0.3) is 0 Å². The number of anilines is 1. The number of hydrogen-bond acceptors (Lipinski definition) is 4. The summed E-state index contributed by atoms with van der Waals surface area (Å²) in [6.45, 7) is 0. The minimum absolute atomic E-state index is 0.0351. The molecule has 1 atom stereocenters. The average molecular weight is 258 g/mol. The molecule has 0 bridgehead atoms. The summed E-state index contributed by atoms with van der Waals surface area (Å²) in [4.78, 5) is 12.3. The predicted molar refractivity (Wildman–Crippen MR) is 69.6 cm³/mol. The number of nitrogens with zero attached hydrogens (tertiary/aromatic N) is 2. The number of rotatable bonds is 2. The zero-order valence-electron chi connectivity index (χ0n) is 9.83. The molecule has 0 saturated heterocycles. The van der Waals surface area contributed by atoms with Gasteiger partial charge in [0.2, 0.25) is 6.04 Å². The van der Waals surface area contributed by atoms with Crippen molar-refractivity contribution in [3.8, 4) is 0 Å². The topological polar surface area (TPSA) is 45.9 Å². The van der Waals surface area contributed by atoms with Gasteiger partial charge in [0.05, 0.1) is 0 Å². The van der Waals surface area contributed by atoms with Gasteiger partial charge in [0, 0.05) is 11.6 Å². The molecule has 1 unspecified atom stereocenters. The SMILES string of the molecule is CSc1ccc2[n+](n1)C(=O)C(c1ccccc1)N2. The Balaban J connectivity index is 1.99. The fourth-order valence-electron chi connectivity index (χ4n) is 2.00. The molecule has 1 aromatic heterocycles. The highest BCUT2D eigenvalue weighted by atomic mass is 32.2. The first kappa shape index (κ1) is 11.2. The molecule has 1 aromatic carbocycles. The molecule has 18 heavy (non-hydrogen) atoms. The number of hydrogen-bond donors (Lipinski definition) is 1. The first-order valence-electron chi connectivity index (χ1n) is 5.62. The Morgan fingerprint density at radius 3 is 2.72 bits per heavy atom. The fourth-order valence-corrected chi connectivity index (χ4v) is 2.36. The van der Waals surface area contributed by atoms with Crippen molar-refractivity contribution in [1.82, 2.24) is 5.10 Å². The van der Waals surface area contributed by atoms with Crippen LogP contribution >= 0.6 is 11.8 Å². The largest absolute Gasteiger partial charge is 0.384 e. The molecule has 3 rings (SSSR count). The van der Waals surface area contributed by atoms with E-state index in [2.05, 4.69) is 10.4 Å². The summed E-state index contributed by atoms with van der Waals surface area (Å²) in [5.74, 6) is 0.707. The molecule has 1 aliphatic rings. The molecule has 1 N–H and O–H groups in total. The molecule has 0 radical (unpaired) electrons. The van der Waals surface area contributed by atoms with Crippen molar-refractivity contribution >= 4 is 23.5 Å². The lowest BCUT2D eigenvalue weighted by atomic mass is 10.1. The van der Waals surface area contributed by atoms with Gasteiger partial charge in [0.15, 0.2) is 0 Å². The zero-order chi connectivity index (χ0) is 12.5. The molecule has 2 aromatic rings. The van der Waals surface area contributed by atoms with Crippen molar-refractivity contribution in [1.29, 1.82) is 0 Å². The second-order valence-corrected chi connectivity index (χ2v) is 4.83. The van der Waals surface area contributed by atoms with Crippen molar-refractivity contribution in [3.63, 3.8) is 0 Å². The number of fused-ring (bicyclic) bond motifs is 1. The van der Waals surface area contributed by atoms with Crippen LogP contribution in [0.15, 0.2) is 47.5 Å². The lowest BCUT2D eigenvalue weighted by molar-refractivity contribution is -0.621. The molecule has 0 fully saturated rings. The maximum Gasteiger partial charge on any atom is 0.384 e. The van der Waals surface area contributed by atoms with E-state index >= 15 is 0 Å². The van der Waals surface area contributed by atoms with Gasteiger partial charge in [-0.25, -0.2) is 4.79 Å². The predicted octanol–water partition coefficient (Wildman–Crippen LogP) is 1.90. The van der Waals surface area contributed by atoms with Crippen molar-refractivity contribution in [2.45, 2.75) is 11.1 Å². The van der Waals surface area contributed by atoms with Gasteiger partial charge in [-0.1, -0.05) is 40.1 Å². The third kappa shape index (κ3) is 1.76.